The van der Waals surface area contributed by atoms with E-state index in [4.69, 9.17) is 9.47 Å². The average Bonchev–Trinajstić information content (AvgIpc) is 3.47. The van der Waals surface area contributed by atoms with E-state index in [1.54, 1.807) is 26.2 Å². The van der Waals surface area contributed by atoms with E-state index in [1.807, 2.05) is 28.3 Å². The van der Waals surface area contributed by atoms with E-state index in [0.29, 0.717) is 48.3 Å². The molecular weight excluding hydrogens is 470 g/mol. The summed E-state index contributed by atoms with van der Waals surface area (Å²) in [5.74, 6) is -0.725. The third kappa shape index (κ3) is 3.89. The van der Waals surface area contributed by atoms with Crippen molar-refractivity contribution < 1.29 is 23.4 Å². The summed E-state index contributed by atoms with van der Waals surface area (Å²) in [7, 11) is 1.54. The van der Waals surface area contributed by atoms with Gasteiger partial charge in [-0.2, -0.15) is 0 Å². The second-order valence-electron chi connectivity index (χ2n) is 9.31. The summed E-state index contributed by atoms with van der Waals surface area (Å²) in [6.07, 6.45) is 4.56. The van der Waals surface area contributed by atoms with Crippen LogP contribution in [0.3, 0.4) is 0 Å². The van der Waals surface area contributed by atoms with Crippen LogP contribution in [-0.2, 0) is 12.1 Å². The summed E-state index contributed by atoms with van der Waals surface area (Å²) >= 11 is 0. The van der Waals surface area contributed by atoms with Gasteiger partial charge in [0.25, 0.3) is 0 Å². The molecule has 11 heteroatoms. The molecule has 4 heterocycles. The molecule has 1 atom stereocenters. The first-order chi connectivity index (χ1) is 17.1. The lowest BCUT2D eigenvalue weighted by Gasteiger charge is -2.44. The van der Waals surface area contributed by atoms with Crippen LogP contribution in [0.5, 0.6) is 11.6 Å². The van der Waals surface area contributed by atoms with Crippen LogP contribution >= 0.6 is 0 Å². The van der Waals surface area contributed by atoms with Gasteiger partial charge in [0.05, 0.1) is 19.1 Å². The summed E-state index contributed by atoms with van der Waals surface area (Å²) in [6, 6.07) is 6.93. The minimum Gasteiger partial charge on any atom is -0.479 e. The van der Waals surface area contributed by atoms with E-state index in [9.17, 15) is 13.9 Å². The molecule has 0 spiro atoms. The van der Waals surface area contributed by atoms with Crippen LogP contribution in [0.15, 0.2) is 42.9 Å². The molecule has 1 aliphatic heterocycles. The van der Waals surface area contributed by atoms with Crippen LogP contribution in [0.4, 0.5) is 8.78 Å². The number of imidazole rings is 1. The van der Waals surface area contributed by atoms with Crippen LogP contribution < -0.4 is 9.47 Å². The Hall–Kier alpha value is -3.86. The molecule has 36 heavy (non-hydrogen) atoms. The zero-order valence-electron chi connectivity index (χ0n) is 20.4. The molecule has 0 saturated heterocycles. The zero-order valence-corrected chi connectivity index (χ0v) is 20.4. The van der Waals surface area contributed by atoms with Gasteiger partial charge in [-0.1, -0.05) is 0 Å². The second-order valence-corrected chi connectivity index (χ2v) is 9.31. The summed E-state index contributed by atoms with van der Waals surface area (Å²) < 4.78 is 42.8. The van der Waals surface area contributed by atoms with Crippen molar-refractivity contribution in [1.82, 2.24) is 29.3 Å². The number of halogens is 2. The number of aliphatic hydroxyl groups is 1. The van der Waals surface area contributed by atoms with Crippen LogP contribution in [0.25, 0.3) is 17.2 Å². The van der Waals surface area contributed by atoms with Crippen molar-refractivity contribution in [3.8, 4) is 28.8 Å². The van der Waals surface area contributed by atoms with Crippen LogP contribution in [0.2, 0.25) is 0 Å². The predicted molar refractivity (Wildman–Crippen MR) is 126 cm³/mol. The van der Waals surface area contributed by atoms with Crippen molar-refractivity contribution in [3.05, 3.63) is 66.0 Å². The number of aromatic nitrogens is 6. The highest BCUT2D eigenvalue weighted by atomic mass is 19.2. The molecule has 0 amide bonds. The lowest BCUT2D eigenvalue weighted by molar-refractivity contribution is -0.137. The fourth-order valence-corrected chi connectivity index (χ4v) is 4.60. The summed E-state index contributed by atoms with van der Waals surface area (Å²) in [5.41, 5.74) is -0.705. The number of hydrogen-bond donors (Lipinski definition) is 1. The largest absolute Gasteiger partial charge is 0.479 e. The first kappa shape index (κ1) is 23.9. The van der Waals surface area contributed by atoms with E-state index in [2.05, 4.69) is 20.2 Å². The van der Waals surface area contributed by atoms with Gasteiger partial charge in [0.1, 0.15) is 22.7 Å². The number of benzene rings is 1. The Labute approximate surface area is 206 Å². The van der Waals surface area contributed by atoms with Gasteiger partial charge in [0.2, 0.25) is 5.88 Å². The third-order valence-corrected chi connectivity index (χ3v) is 6.45. The molecule has 0 fully saturated rings. The number of aryl methyl sites for hydroxylation is 1. The van der Waals surface area contributed by atoms with E-state index >= 15 is 0 Å². The van der Waals surface area contributed by atoms with Gasteiger partial charge in [-0.15, -0.1) is 10.2 Å². The number of hydrogen-bond acceptors (Lipinski definition) is 7. The van der Waals surface area contributed by atoms with Crippen LogP contribution in [-0.4, -0.2) is 47.1 Å². The molecule has 0 radical (unpaired) electrons. The normalized spacial score (nSPS) is 17.6. The predicted octanol–water partition coefficient (Wildman–Crippen LogP) is 3.96. The second kappa shape index (κ2) is 8.66. The van der Waals surface area contributed by atoms with Crippen molar-refractivity contribution in [2.45, 2.75) is 51.4 Å². The number of methoxy groups -OCH3 is 1. The lowest BCUT2D eigenvalue weighted by Crippen LogP contribution is -2.55. The van der Waals surface area contributed by atoms with E-state index in [1.165, 1.54) is 13.2 Å². The first-order valence-corrected chi connectivity index (χ1v) is 11.5. The van der Waals surface area contributed by atoms with Gasteiger partial charge >= 0.3 is 0 Å². The molecule has 5 rings (SSSR count). The molecule has 1 aromatic carbocycles. The Bertz CT molecular complexity index is 1430. The molecule has 3 aromatic heterocycles. The molecule has 0 aliphatic carbocycles. The van der Waals surface area contributed by atoms with Gasteiger partial charge in [-0.25, -0.2) is 18.7 Å². The molecule has 0 bridgehead atoms. The quantitative estimate of drug-likeness (QED) is 0.431. The van der Waals surface area contributed by atoms with Crippen LogP contribution in [0, 0.1) is 18.6 Å². The fourth-order valence-electron chi connectivity index (χ4n) is 4.60. The van der Waals surface area contributed by atoms with Gasteiger partial charge in [0.15, 0.2) is 28.9 Å². The first-order valence-electron chi connectivity index (χ1n) is 11.5. The van der Waals surface area contributed by atoms with Crippen molar-refractivity contribution in [2.75, 3.05) is 7.11 Å². The van der Waals surface area contributed by atoms with Gasteiger partial charge in [0, 0.05) is 18.8 Å². The topological polar surface area (TPSA) is 100 Å². The number of nitrogens with zero attached hydrogens (tertiary/aromatic N) is 6. The van der Waals surface area contributed by atoms with Crippen molar-refractivity contribution in [1.29, 1.82) is 0 Å². The SMILES string of the molecule is COc1nc(-c2nnc3n2CCCC3(Oc2ccc(F)c(F)c2)C(C)(C)O)ccc1-n1cnc(C)c1. The Morgan fingerprint density at radius 3 is 2.58 bits per heavy atom. The molecule has 188 valence electrons. The standard InChI is InChI=1S/C25H26F2N6O3/c1-15-13-32(14-28-15)20-9-8-19(29-22(20)35-4)21-30-31-23-25(24(2,3)34,10-5-11-33(21)23)36-16-6-7-17(26)18(27)12-16/h6-9,12-14,34H,5,10-11H2,1-4H3. The number of fused-ring (bicyclic) bond motifs is 1. The number of pyridine rings is 1. The smallest absolute Gasteiger partial charge is 0.238 e. The van der Waals surface area contributed by atoms with E-state index in [-0.39, 0.29) is 5.75 Å². The van der Waals surface area contributed by atoms with E-state index < -0.39 is 22.8 Å². The van der Waals surface area contributed by atoms with Crippen molar-refractivity contribution in [3.63, 3.8) is 0 Å². The highest BCUT2D eigenvalue weighted by molar-refractivity contribution is 5.56. The Morgan fingerprint density at radius 2 is 1.92 bits per heavy atom. The van der Waals surface area contributed by atoms with Gasteiger partial charge in [-0.3, -0.25) is 0 Å². The monoisotopic (exact) mass is 496 g/mol. The number of ether oxygens (including phenoxy) is 2. The molecule has 4 aromatic rings. The molecule has 1 N–H and O–H groups in total. The van der Waals surface area contributed by atoms with Crippen molar-refractivity contribution in [2.24, 2.45) is 0 Å². The minimum atomic E-state index is -1.44. The van der Waals surface area contributed by atoms with E-state index in [0.717, 1.165) is 17.8 Å². The highest BCUT2D eigenvalue weighted by Crippen LogP contribution is 2.44. The Balaban J connectivity index is 1.59. The van der Waals surface area contributed by atoms with Gasteiger partial charge in [-0.05, 0) is 57.9 Å². The molecule has 1 unspecified atom stereocenters. The average molecular weight is 497 g/mol. The summed E-state index contributed by atoms with van der Waals surface area (Å²) in [4.78, 5) is 8.91. The molecule has 9 nitrogen and oxygen atoms in total. The highest BCUT2D eigenvalue weighted by Gasteiger charge is 2.53. The fraction of sp³-hybridized carbons (Fsp3) is 0.360. The van der Waals surface area contributed by atoms with Crippen molar-refractivity contribution >= 4 is 0 Å². The van der Waals surface area contributed by atoms with Crippen LogP contribution in [0.1, 0.15) is 38.2 Å². The van der Waals surface area contributed by atoms with Gasteiger partial charge < -0.3 is 23.7 Å². The molecular formula is C25H26F2N6O3. The minimum absolute atomic E-state index is 0.0776. The Morgan fingerprint density at radius 1 is 1.11 bits per heavy atom. The lowest BCUT2D eigenvalue weighted by atomic mass is 9.79. The Kier molecular flexibility index (Phi) is 5.74. The number of rotatable bonds is 6. The zero-order chi connectivity index (χ0) is 25.7. The summed E-state index contributed by atoms with van der Waals surface area (Å²) in [5, 5.41) is 20.0. The maximum atomic E-state index is 13.9. The molecule has 1 aliphatic rings. The maximum absolute atomic E-state index is 13.9. The third-order valence-electron chi connectivity index (χ3n) is 6.45. The summed E-state index contributed by atoms with van der Waals surface area (Å²) in [6.45, 7) is 5.65. The maximum Gasteiger partial charge on any atom is 0.238 e. The molecule has 0 saturated carbocycles.